The highest BCUT2D eigenvalue weighted by molar-refractivity contribution is 5.47. The Balaban J connectivity index is 1.43. The summed E-state index contributed by atoms with van der Waals surface area (Å²) in [5, 5.41) is 13.1. The number of aromatic nitrogens is 4. The van der Waals surface area contributed by atoms with Crippen LogP contribution in [0.1, 0.15) is 55.6 Å². The quantitative estimate of drug-likeness (QED) is 0.625. The maximum Gasteiger partial charge on any atom is 0.214 e. The summed E-state index contributed by atoms with van der Waals surface area (Å²) in [5.74, 6) is 1.61. The standard InChI is InChI=1S/C25H31FN6O/c1-33-21-13-11-19(12-14-21)24(25-27-28-29-32(25)20-7-3-2-4-8-20)31-17-15-30(16-18-31)23-10-6-5-9-22(23)26/h5-6,9-14,20,24H,2-4,7-8,15-18H2,1H3/p+1/t24-/m0/s1. The number of piperazine rings is 1. The van der Waals surface area contributed by atoms with Gasteiger partial charge in [-0.1, -0.05) is 31.4 Å². The molecule has 1 N–H and O–H groups in total. The third-order valence-electron chi connectivity index (χ3n) is 7.15. The first-order valence-electron chi connectivity index (χ1n) is 12.0. The Labute approximate surface area is 194 Å². The van der Waals surface area contributed by atoms with Gasteiger partial charge >= 0.3 is 0 Å². The van der Waals surface area contributed by atoms with E-state index in [-0.39, 0.29) is 11.9 Å². The fraction of sp³-hybridized carbons (Fsp3) is 0.480. The van der Waals surface area contributed by atoms with Gasteiger partial charge in [0.05, 0.1) is 45.0 Å². The molecule has 2 heterocycles. The van der Waals surface area contributed by atoms with Crippen molar-refractivity contribution in [1.29, 1.82) is 0 Å². The Morgan fingerprint density at radius 3 is 2.42 bits per heavy atom. The second-order valence-electron chi connectivity index (χ2n) is 9.08. The number of ether oxygens (including phenoxy) is 1. The van der Waals surface area contributed by atoms with Crippen LogP contribution in [0.15, 0.2) is 48.5 Å². The first-order valence-corrected chi connectivity index (χ1v) is 12.0. The summed E-state index contributed by atoms with van der Waals surface area (Å²) in [6.45, 7) is 3.33. The van der Waals surface area contributed by atoms with Gasteiger partial charge in [-0.05, 0) is 59.7 Å². The molecule has 1 aromatic heterocycles. The van der Waals surface area contributed by atoms with E-state index < -0.39 is 0 Å². The number of nitrogens with zero attached hydrogens (tertiary/aromatic N) is 5. The molecule has 0 spiro atoms. The van der Waals surface area contributed by atoms with E-state index in [0.29, 0.717) is 11.7 Å². The summed E-state index contributed by atoms with van der Waals surface area (Å²) in [4.78, 5) is 3.55. The van der Waals surface area contributed by atoms with Crippen LogP contribution in [0.2, 0.25) is 0 Å². The Kier molecular flexibility index (Phi) is 6.53. The summed E-state index contributed by atoms with van der Waals surface area (Å²) in [6.07, 6.45) is 6.00. The number of methoxy groups -OCH3 is 1. The summed E-state index contributed by atoms with van der Waals surface area (Å²) in [5.41, 5.74) is 1.86. The molecule has 0 unspecified atom stereocenters. The van der Waals surface area contributed by atoms with Crippen molar-refractivity contribution in [2.75, 3.05) is 38.2 Å². The van der Waals surface area contributed by atoms with E-state index in [1.165, 1.54) is 35.8 Å². The van der Waals surface area contributed by atoms with E-state index in [4.69, 9.17) is 4.74 Å². The van der Waals surface area contributed by atoms with Gasteiger partial charge < -0.3 is 14.5 Å². The second-order valence-corrected chi connectivity index (χ2v) is 9.08. The molecular formula is C25H32FN6O+. The molecule has 2 fully saturated rings. The van der Waals surface area contributed by atoms with Crippen molar-refractivity contribution in [2.45, 2.75) is 44.2 Å². The highest BCUT2D eigenvalue weighted by Gasteiger charge is 2.36. The molecule has 33 heavy (non-hydrogen) atoms. The van der Waals surface area contributed by atoms with E-state index >= 15 is 0 Å². The highest BCUT2D eigenvalue weighted by Crippen LogP contribution is 2.30. The molecule has 0 amide bonds. The number of benzene rings is 2. The third-order valence-corrected chi connectivity index (χ3v) is 7.15. The van der Waals surface area contributed by atoms with Gasteiger partial charge in [-0.15, -0.1) is 5.10 Å². The number of anilines is 1. The largest absolute Gasteiger partial charge is 0.497 e. The number of hydrogen-bond acceptors (Lipinski definition) is 5. The Morgan fingerprint density at radius 1 is 1.00 bits per heavy atom. The van der Waals surface area contributed by atoms with Crippen molar-refractivity contribution in [3.05, 3.63) is 65.7 Å². The predicted octanol–water partition coefficient (Wildman–Crippen LogP) is 2.82. The molecular weight excluding hydrogens is 419 g/mol. The zero-order valence-corrected chi connectivity index (χ0v) is 19.2. The summed E-state index contributed by atoms with van der Waals surface area (Å²) < 4.78 is 21.8. The first kappa shape index (κ1) is 21.8. The molecule has 7 nitrogen and oxygen atoms in total. The van der Waals surface area contributed by atoms with Crippen molar-refractivity contribution in [3.8, 4) is 5.75 Å². The van der Waals surface area contributed by atoms with Crippen LogP contribution in [0.25, 0.3) is 0 Å². The van der Waals surface area contributed by atoms with Crippen molar-refractivity contribution in [3.63, 3.8) is 0 Å². The molecule has 5 rings (SSSR count). The minimum atomic E-state index is -0.158. The molecule has 0 radical (unpaired) electrons. The molecule has 1 aliphatic heterocycles. The number of quaternary nitrogens is 1. The van der Waals surface area contributed by atoms with Crippen molar-refractivity contribution in [1.82, 2.24) is 20.2 Å². The smallest absolute Gasteiger partial charge is 0.214 e. The number of nitrogens with one attached hydrogen (secondary N) is 1. The lowest BCUT2D eigenvalue weighted by atomic mass is 9.95. The number of halogens is 1. The van der Waals surface area contributed by atoms with E-state index in [1.807, 2.05) is 24.3 Å². The van der Waals surface area contributed by atoms with Crippen molar-refractivity contribution < 1.29 is 14.0 Å². The van der Waals surface area contributed by atoms with Crippen LogP contribution >= 0.6 is 0 Å². The molecule has 0 bridgehead atoms. The molecule has 2 aromatic carbocycles. The van der Waals surface area contributed by atoms with E-state index in [9.17, 15) is 4.39 Å². The van der Waals surface area contributed by atoms with E-state index in [1.54, 1.807) is 13.2 Å². The molecule has 8 heteroatoms. The SMILES string of the molecule is COc1ccc([C@@H](c2nnnn2C2CCCCC2)[NH+]2CCN(c3ccccc3F)CC2)cc1. The van der Waals surface area contributed by atoms with Gasteiger partial charge in [-0.3, -0.25) is 0 Å². The molecule has 1 aliphatic carbocycles. The van der Waals surface area contributed by atoms with Crippen LogP contribution in [0.5, 0.6) is 5.75 Å². The van der Waals surface area contributed by atoms with Gasteiger partial charge in [0.1, 0.15) is 11.6 Å². The van der Waals surface area contributed by atoms with Crippen LogP contribution in [0.4, 0.5) is 10.1 Å². The predicted molar refractivity (Wildman–Crippen MR) is 124 cm³/mol. The van der Waals surface area contributed by atoms with Crippen LogP contribution < -0.4 is 14.5 Å². The maximum absolute atomic E-state index is 14.4. The molecule has 1 atom stereocenters. The highest BCUT2D eigenvalue weighted by atomic mass is 19.1. The third kappa shape index (κ3) is 4.57. The maximum atomic E-state index is 14.4. The Morgan fingerprint density at radius 2 is 1.73 bits per heavy atom. The summed E-state index contributed by atoms with van der Waals surface area (Å²) in [6, 6.07) is 15.7. The normalized spacial score (nSPS) is 18.9. The number of tetrazole rings is 1. The topological polar surface area (TPSA) is 60.5 Å². The van der Waals surface area contributed by atoms with Crippen LogP contribution in [0.3, 0.4) is 0 Å². The van der Waals surface area contributed by atoms with Gasteiger partial charge in [0.25, 0.3) is 0 Å². The average molecular weight is 452 g/mol. The lowest BCUT2D eigenvalue weighted by Crippen LogP contribution is -3.15. The summed E-state index contributed by atoms with van der Waals surface area (Å²) >= 11 is 0. The van der Waals surface area contributed by atoms with Gasteiger partial charge in [-0.25, -0.2) is 9.07 Å². The number of para-hydroxylation sites is 1. The van der Waals surface area contributed by atoms with Crippen LogP contribution in [0, 0.1) is 5.82 Å². The Bertz CT molecular complexity index is 1040. The van der Waals surface area contributed by atoms with Crippen molar-refractivity contribution in [2.24, 2.45) is 0 Å². The van der Waals surface area contributed by atoms with Crippen molar-refractivity contribution >= 4 is 5.69 Å². The zero-order chi connectivity index (χ0) is 22.6. The average Bonchev–Trinajstić information content (AvgIpc) is 3.35. The van der Waals surface area contributed by atoms with Crippen LogP contribution in [-0.4, -0.2) is 53.5 Å². The lowest BCUT2D eigenvalue weighted by Gasteiger charge is -2.37. The van der Waals surface area contributed by atoms with Gasteiger partial charge in [0, 0.05) is 5.56 Å². The minimum absolute atomic E-state index is 0.0237. The Hall–Kier alpha value is -3.00. The molecule has 3 aromatic rings. The van der Waals surface area contributed by atoms with E-state index in [2.05, 4.69) is 37.2 Å². The number of rotatable bonds is 6. The molecule has 174 valence electrons. The first-order chi connectivity index (χ1) is 16.2. The van der Waals surface area contributed by atoms with Crippen LogP contribution in [-0.2, 0) is 0 Å². The monoisotopic (exact) mass is 451 g/mol. The van der Waals surface area contributed by atoms with Gasteiger partial charge in [-0.2, -0.15) is 0 Å². The molecule has 2 aliphatic rings. The van der Waals surface area contributed by atoms with Gasteiger partial charge in [0.15, 0.2) is 6.04 Å². The lowest BCUT2D eigenvalue weighted by molar-refractivity contribution is -0.927. The number of hydrogen-bond donors (Lipinski definition) is 1. The summed E-state index contributed by atoms with van der Waals surface area (Å²) in [7, 11) is 1.68. The van der Waals surface area contributed by atoms with E-state index in [0.717, 1.165) is 50.6 Å². The molecule has 1 saturated heterocycles. The molecule has 1 saturated carbocycles. The fourth-order valence-corrected chi connectivity index (χ4v) is 5.37. The minimum Gasteiger partial charge on any atom is -0.497 e. The zero-order valence-electron chi connectivity index (χ0n) is 19.2. The fourth-order valence-electron chi connectivity index (χ4n) is 5.37. The van der Waals surface area contributed by atoms with Gasteiger partial charge in [0.2, 0.25) is 5.82 Å². The second kappa shape index (κ2) is 9.87.